The number of aromatic nitrogens is 3. The van der Waals surface area contributed by atoms with Crippen LogP contribution in [-0.4, -0.2) is 34.0 Å². The molecule has 23 heavy (non-hydrogen) atoms. The number of sulfonamides is 1. The molecule has 1 fully saturated rings. The van der Waals surface area contributed by atoms with Crippen LogP contribution in [0.5, 0.6) is 0 Å². The van der Waals surface area contributed by atoms with E-state index in [0.717, 1.165) is 12.8 Å². The number of hydrogen-bond donors (Lipinski definition) is 0. The summed E-state index contributed by atoms with van der Waals surface area (Å²) in [5.41, 5.74) is 0.318. The summed E-state index contributed by atoms with van der Waals surface area (Å²) < 4.78 is 42.7. The highest BCUT2D eigenvalue weighted by Gasteiger charge is 2.36. The van der Waals surface area contributed by atoms with Crippen molar-refractivity contribution in [2.75, 3.05) is 6.54 Å². The first kappa shape index (κ1) is 16.1. The molecule has 0 N–H and O–H groups in total. The largest absolute Gasteiger partial charge is 0.319 e. The first-order valence-electron chi connectivity index (χ1n) is 7.53. The van der Waals surface area contributed by atoms with E-state index in [0.29, 0.717) is 24.4 Å². The quantitative estimate of drug-likeness (QED) is 0.860. The monoisotopic (exact) mass is 338 g/mol. The average molecular weight is 338 g/mol. The van der Waals surface area contributed by atoms with Crippen molar-refractivity contribution in [1.29, 1.82) is 0 Å². The fourth-order valence-corrected chi connectivity index (χ4v) is 4.70. The fraction of sp³-hybridized carbons (Fsp3) is 0.467. The third-order valence-electron chi connectivity index (χ3n) is 4.23. The Balaban J connectivity index is 2.02. The molecule has 0 amide bonds. The van der Waals surface area contributed by atoms with Crippen molar-refractivity contribution < 1.29 is 12.8 Å². The lowest BCUT2D eigenvalue weighted by Crippen LogP contribution is -2.39. The van der Waals surface area contributed by atoms with E-state index in [-0.39, 0.29) is 10.9 Å². The molecule has 0 spiro atoms. The van der Waals surface area contributed by atoms with Crippen LogP contribution in [0, 0.1) is 12.7 Å². The third kappa shape index (κ3) is 2.88. The normalized spacial score (nSPS) is 19.9. The molecule has 1 atom stereocenters. The molecular formula is C15H19FN4O2S. The van der Waals surface area contributed by atoms with E-state index in [2.05, 4.69) is 10.2 Å². The molecule has 1 saturated heterocycles. The van der Waals surface area contributed by atoms with Crippen LogP contribution in [0.15, 0.2) is 29.4 Å². The van der Waals surface area contributed by atoms with Gasteiger partial charge in [0.1, 0.15) is 12.1 Å². The smallest absolute Gasteiger partial charge is 0.243 e. The minimum absolute atomic E-state index is 0.116. The van der Waals surface area contributed by atoms with Gasteiger partial charge in [0.2, 0.25) is 10.0 Å². The molecule has 0 unspecified atom stereocenters. The molecule has 0 aliphatic carbocycles. The molecule has 1 aliphatic heterocycles. The number of nitrogens with zero attached hydrogens (tertiary/aromatic N) is 4. The maximum atomic E-state index is 13.5. The minimum Gasteiger partial charge on any atom is -0.319 e. The maximum Gasteiger partial charge on any atom is 0.243 e. The highest BCUT2D eigenvalue weighted by molar-refractivity contribution is 7.89. The minimum atomic E-state index is -3.71. The van der Waals surface area contributed by atoms with Crippen molar-refractivity contribution in [2.24, 2.45) is 7.05 Å². The molecule has 6 nitrogen and oxygen atoms in total. The van der Waals surface area contributed by atoms with Gasteiger partial charge < -0.3 is 4.57 Å². The molecule has 2 aromatic rings. The molecule has 1 aliphatic rings. The van der Waals surface area contributed by atoms with Crippen LogP contribution in [0.25, 0.3) is 0 Å². The first-order valence-corrected chi connectivity index (χ1v) is 8.97. The van der Waals surface area contributed by atoms with Gasteiger partial charge in [0, 0.05) is 13.6 Å². The molecule has 0 bridgehead atoms. The summed E-state index contributed by atoms with van der Waals surface area (Å²) in [5.74, 6) is 0.222. The number of hydrogen-bond acceptors (Lipinski definition) is 4. The number of piperidine rings is 1. The van der Waals surface area contributed by atoms with Gasteiger partial charge >= 0.3 is 0 Å². The van der Waals surface area contributed by atoms with Gasteiger partial charge in [0.15, 0.2) is 5.82 Å². The van der Waals surface area contributed by atoms with Crippen molar-refractivity contribution in [3.63, 3.8) is 0 Å². The Bertz CT molecular complexity index is 819. The second kappa shape index (κ2) is 6.01. The lowest BCUT2D eigenvalue weighted by Gasteiger charge is -2.33. The van der Waals surface area contributed by atoms with E-state index < -0.39 is 15.8 Å². The Morgan fingerprint density at radius 3 is 2.74 bits per heavy atom. The first-order chi connectivity index (χ1) is 10.9. The summed E-state index contributed by atoms with van der Waals surface area (Å²) >= 11 is 0. The van der Waals surface area contributed by atoms with Crippen LogP contribution in [0.3, 0.4) is 0 Å². The van der Waals surface area contributed by atoms with Gasteiger partial charge in [-0.1, -0.05) is 6.42 Å². The zero-order chi connectivity index (χ0) is 16.6. The average Bonchev–Trinajstić information content (AvgIpc) is 2.96. The van der Waals surface area contributed by atoms with Crippen LogP contribution >= 0.6 is 0 Å². The van der Waals surface area contributed by atoms with Gasteiger partial charge in [-0.05, 0) is 43.5 Å². The molecule has 0 radical (unpaired) electrons. The SMILES string of the molecule is Cc1cc(S(=O)(=O)N2CCCC[C@H]2c2nncn2C)ccc1F. The van der Waals surface area contributed by atoms with Gasteiger partial charge in [-0.15, -0.1) is 10.2 Å². The van der Waals surface area contributed by atoms with Crippen molar-refractivity contribution in [1.82, 2.24) is 19.1 Å². The lowest BCUT2D eigenvalue weighted by atomic mass is 10.0. The van der Waals surface area contributed by atoms with Crippen LogP contribution in [0.2, 0.25) is 0 Å². The molecule has 124 valence electrons. The number of rotatable bonds is 3. The maximum absolute atomic E-state index is 13.5. The Morgan fingerprint density at radius 2 is 2.09 bits per heavy atom. The van der Waals surface area contributed by atoms with Gasteiger partial charge in [-0.25, -0.2) is 12.8 Å². The van der Waals surface area contributed by atoms with Gasteiger partial charge in [0.25, 0.3) is 0 Å². The number of aryl methyl sites for hydroxylation is 2. The third-order valence-corrected chi connectivity index (χ3v) is 6.14. The standard InChI is InChI=1S/C15H19FN4O2S/c1-11-9-12(6-7-13(11)16)23(21,22)20-8-4-3-5-14(20)15-18-17-10-19(15)2/h6-7,9-10,14H,3-5,8H2,1-2H3/t14-/m0/s1. The fourth-order valence-electron chi connectivity index (χ4n) is 2.96. The predicted molar refractivity (Wildman–Crippen MR) is 82.6 cm³/mol. The highest BCUT2D eigenvalue weighted by Crippen LogP contribution is 2.34. The van der Waals surface area contributed by atoms with Crippen molar-refractivity contribution in [2.45, 2.75) is 37.1 Å². The number of halogens is 1. The summed E-state index contributed by atoms with van der Waals surface area (Å²) in [6.45, 7) is 1.99. The summed E-state index contributed by atoms with van der Waals surface area (Å²) in [6.07, 6.45) is 4.00. The van der Waals surface area contributed by atoms with E-state index in [1.54, 1.807) is 24.9 Å². The molecule has 3 rings (SSSR count). The second-order valence-electron chi connectivity index (χ2n) is 5.84. The van der Waals surface area contributed by atoms with Gasteiger partial charge in [-0.3, -0.25) is 0 Å². The zero-order valence-corrected chi connectivity index (χ0v) is 13.9. The van der Waals surface area contributed by atoms with Gasteiger partial charge in [-0.2, -0.15) is 4.31 Å². The topological polar surface area (TPSA) is 68.1 Å². The highest BCUT2D eigenvalue weighted by atomic mass is 32.2. The number of benzene rings is 1. The Hall–Kier alpha value is -1.80. The van der Waals surface area contributed by atoms with Crippen molar-refractivity contribution in [3.05, 3.63) is 41.7 Å². The molecule has 1 aromatic heterocycles. The second-order valence-corrected chi connectivity index (χ2v) is 7.73. The van der Waals surface area contributed by atoms with Crippen LogP contribution < -0.4 is 0 Å². The lowest BCUT2D eigenvalue weighted by molar-refractivity contribution is 0.242. The predicted octanol–water partition coefficient (Wildman–Crippen LogP) is 2.18. The van der Waals surface area contributed by atoms with E-state index in [9.17, 15) is 12.8 Å². The molecule has 0 saturated carbocycles. The van der Waals surface area contributed by atoms with Crippen molar-refractivity contribution in [3.8, 4) is 0 Å². The Kier molecular flexibility index (Phi) is 4.20. The zero-order valence-electron chi connectivity index (χ0n) is 13.1. The van der Waals surface area contributed by atoms with Crippen molar-refractivity contribution >= 4 is 10.0 Å². The molecule has 1 aromatic carbocycles. The molecular weight excluding hydrogens is 319 g/mol. The van der Waals surface area contributed by atoms with Crippen LogP contribution in [-0.2, 0) is 17.1 Å². The molecule has 8 heteroatoms. The Labute approximate surface area is 135 Å². The molecule has 2 heterocycles. The summed E-state index contributed by atoms with van der Waals surface area (Å²) in [6, 6.07) is 3.56. The Morgan fingerprint density at radius 1 is 1.30 bits per heavy atom. The van der Waals surface area contributed by atoms with E-state index in [1.165, 1.54) is 22.5 Å². The van der Waals surface area contributed by atoms with Gasteiger partial charge in [0.05, 0.1) is 10.9 Å². The van der Waals surface area contributed by atoms with E-state index in [1.807, 2.05) is 0 Å². The van der Waals surface area contributed by atoms with Crippen LogP contribution in [0.1, 0.15) is 36.7 Å². The van der Waals surface area contributed by atoms with Crippen LogP contribution in [0.4, 0.5) is 4.39 Å². The summed E-state index contributed by atoms with van der Waals surface area (Å²) in [4.78, 5) is 0.116. The summed E-state index contributed by atoms with van der Waals surface area (Å²) in [5, 5.41) is 7.93. The van der Waals surface area contributed by atoms with E-state index in [4.69, 9.17) is 0 Å². The van der Waals surface area contributed by atoms with E-state index >= 15 is 0 Å². The summed E-state index contributed by atoms with van der Waals surface area (Å²) in [7, 11) is -1.91.